The van der Waals surface area contributed by atoms with Crippen LogP contribution >= 0.6 is 0 Å². The minimum atomic E-state index is -0.209. The molecular formula is C47H34N4. The summed E-state index contributed by atoms with van der Waals surface area (Å²) >= 11 is 0. The summed E-state index contributed by atoms with van der Waals surface area (Å²) in [6.45, 7) is 0. The van der Waals surface area contributed by atoms with E-state index in [1.54, 1.807) is 0 Å². The number of fused-ring (bicyclic) bond motifs is 6. The lowest BCUT2D eigenvalue weighted by atomic mass is 9.94. The zero-order valence-electron chi connectivity index (χ0n) is 27.9. The third kappa shape index (κ3) is 5.08. The zero-order chi connectivity index (χ0) is 33.7. The molecule has 1 aromatic heterocycles. The van der Waals surface area contributed by atoms with Crippen molar-refractivity contribution in [3.8, 4) is 16.8 Å². The highest BCUT2D eigenvalue weighted by Gasteiger charge is 2.27. The van der Waals surface area contributed by atoms with Crippen LogP contribution in [0.25, 0.3) is 60.2 Å². The van der Waals surface area contributed by atoms with Crippen LogP contribution in [0, 0.1) is 0 Å². The lowest BCUT2D eigenvalue weighted by Crippen LogP contribution is -2.45. The Balaban J connectivity index is 1.14. The molecule has 4 nitrogen and oxygen atoms in total. The second-order valence-corrected chi connectivity index (χ2v) is 13.3. The number of nitrogens with zero attached hydrogens (tertiary/aromatic N) is 2. The maximum atomic E-state index is 5.34. The first kappa shape index (κ1) is 29.4. The van der Waals surface area contributed by atoms with Gasteiger partial charge in [-0.15, -0.1) is 0 Å². The standard InChI is InChI=1S/C47H34N4/c1-3-14-33(15-4-1)45-48-46(34-16-5-2-6-17-34)50-47(49-45)42-30-36-19-8-7-18-35(36)29-41(42)32-23-26-37(27-24-32)51-43-22-12-11-21-39(43)40-28-25-31-13-9-10-20-38(31)44(40)51/h1-30,45-46,48H,(H,49,50). The molecule has 2 atom stereocenters. The maximum Gasteiger partial charge on any atom is 0.132 e. The Morgan fingerprint density at radius 2 is 1.08 bits per heavy atom. The minimum Gasteiger partial charge on any atom is -0.350 e. The highest BCUT2D eigenvalue weighted by molar-refractivity contribution is 6.18. The first-order chi connectivity index (χ1) is 25.3. The van der Waals surface area contributed by atoms with Gasteiger partial charge in [-0.2, -0.15) is 0 Å². The number of aliphatic imine (C=N–C) groups is 1. The third-order valence-corrected chi connectivity index (χ3v) is 10.2. The van der Waals surface area contributed by atoms with E-state index in [1.807, 2.05) is 0 Å². The third-order valence-electron chi connectivity index (χ3n) is 10.2. The van der Waals surface area contributed by atoms with Gasteiger partial charge in [-0.1, -0.05) is 152 Å². The molecule has 9 aromatic rings. The van der Waals surface area contributed by atoms with Crippen LogP contribution in [0.1, 0.15) is 29.0 Å². The van der Waals surface area contributed by atoms with Crippen LogP contribution in [0.15, 0.2) is 187 Å². The van der Waals surface area contributed by atoms with Crippen molar-refractivity contribution >= 4 is 49.2 Å². The highest BCUT2D eigenvalue weighted by atomic mass is 15.3. The van der Waals surface area contributed by atoms with Crippen molar-refractivity contribution < 1.29 is 0 Å². The predicted molar refractivity (Wildman–Crippen MR) is 212 cm³/mol. The molecule has 0 amide bonds. The Labute approximate surface area is 296 Å². The van der Waals surface area contributed by atoms with Crippen LogP contribution in [0.2, 0.25) is 0 Å². The van der Waals surface area contributed by atoms with Gasteiger partial charge in [0.25, 0.3) is 0 Å². The Hall–Kier alpha value is -6.49. The van der Waals surface area contributed by atoms with Crippen LogP contribution in [0.3, 0.4) is 0 Å². The number of aromatic nitrogens is 1. The summed E-state index contributed by atoms with van der Waals surface area (Å²) in [6.07, 6.45) is -0.324. The molecule has 0 spiro atoms. The van der Waals surface area contributed by atoms with E-state index in [9.17, 15) is 0 Å². The minimum absolute atomic E-state index is 0.115. The summed E-state index contributed by atoms with van der Waals surface area (Å²) in [5.74, 6) is 0.871. The summed E-state index contributed by atoms with van der Waals surface area (Å²) in [4.78, 5) is 5.34. The van der Waals surface area contributed by atoms with Gasteiger partial charge in [-0.3, -0.25) is 5.32 Å². The number of benzene rings is 8. The molecular weight excluding hydrogens is 621 g/mol. The van der Waals surface area contributed by atoms with Crippen molar-refractivity contribution in [1.82, 2.24) is 15.2 Å². The van der Waals surface area contributed by atoms with Gasteiger partial charge in [0.2, 0.25) is 0 Å². The van der Waals surface area contributed by atoms with Gasteiger partial charge >= 0.3 is 0 Å². The molecule has 10 rings (SSSR count). The smallest absolute Gasteiger partial charge is 0.132 e. The topological polar surface area (TPSA) is 41.4 Å². The van der Waals surface area contributed by atoms with Gasteiger partial charge in [0.05, 0.1) is 11.0 Å². The number of amidine groups is 1. The molecule has 1 aliphatic rings. The summed E-state index contributed by atoms with van der Waals surface area (Å²) in [6, 6.07) is 65.2. The van der Waals surface area contributed by atoms with Crippen molar-refractivity contribution in [3.05, 3.63) is 199 Å². The fourth-order valence-electron chi connectivity index (χ4n) is 7.78. The van der Waals surface area contributed by atoms with Crippen LogP contribution in [-0.2, 0) is 0 Å². The predicted octanol–water partition coefficient (Wildman–Crippen LogP) is 11.1. The highest BCUT2D eigenvalue weighted by Crippen LogP contribution is 2.38. The summed E-state index contributed by atoms with van der Waals surface area (Å²) in [7, 11) is 0. The molecule has 1 aliphatic heterocycles. The number of hydrogen-bond donors (Lipinski definition) is 2. The number of rotatable bonds is 5. The van der Waals surface area contributed by atoms with Crippen molar-refractivity contribution in [1.29, 1.82) is 0 Å². The lowest BCUT2D eigenvalue weighted by Gasteiger charge is -2.33. The molecule has 242 valence electrons. The molecule has 51 heavy (non-hydrogen) atoms. The Morgan fingerprint density at radius 3 is 1.82 bits per heavy atom. The average molecular weight is 655 g/mol. The summed E-state index contributed by atoms with van der Waals surface area (Å²) in [5, 5.41) is 14.9. The maximum absolute atomic E-state index is 5.34. The van der Waals surface area contributed by atoms with E-state index in [0.717, 1.165) is 39.3 Å². The van der Waals surface area contributed by atoms with Crippen molar-refractivity contribution in [3.63, 3.8) is 0 Å². The molecule has 0 saturated carbocycles. The van der Waals surface area contributed by atoms with E-state index >= 15 is 0 Å². The van der Waals surface area contributed by atoms with Crippen LogP contribution < -0.4 is 10.6 Å². The fraction of sp³-hybridized carbons (Fsp3) is 0.0426. The SMILES string of the molecule is c1ccc(C2N=C(c3cc4ccccc4cc3-c3ccc(-n4c5ccccc5c5ccc6ccccc6c54)cc3)NC(c3ccccc3)N2)cc1. The Kier molecular flexibility index (Phi) is 7.00. The second-order valence-electron chi connectivity index (χ2n) is 13.3. The largest absolute Gasteiger partial charge is 0.350 e. The second kappa shape index (κ2) is 12.1. The van der Waals surface area contributed by atoms with E-state index < -0.39 is 0 Å². The van der Waals surface area contributed by atoms with Gasteiger partial charge in [0.15, 0.2) is 0 Å². The molecule has 0 bridgehead atoms. The van der Waals surface area contributed by atoms with Crippen LogP contribution in [0.4, 0.5) is 0 Å². The molecule has 0 fully saturated rings. The van der Waals surface area contributed by atoms with E-state index in [0.29, 0.717) is 0 Å². The van der Waals surface area contributed by atoms with E-state index in [2.05, 4.69) is 197 Å². The van der Waals surface area contributed by atoms with Crippen molar-refractivity contribution in [2.45, 2.75) is 12.3 Å². The van der Waals surface area contributed by atoms with Gasteiger partial charge < -0.3 is 9.88 Å². The lowest BCUT2D eigenvalue weighted by molar-refractivity contribution is 0.409. The Morgan fingerprint density at radius 1 is 0.471 bits per heavy atom. The zero-order valence-corrected chi connectivity index (χ0v) is 27.9. The van der Waals surface area contributed by atoms with Crippen molar-refractivity contribution in [2.75, 3.05) is 0 Å². The molecule has 0 saturated heterocycles. The molecule has 2 N–H and O–H groups in total. The molecule has 4 heteroatoms. The number of hydrogen-bond acceptors (Lipinski definition) is 3. The van der Waals surface area contributed by atoms with Gasteiger partial charge in [0.1, 0.15) is 18.2 Å². The fourth-order valence-corrected chi connectivity index (χ4v) is 7.78. The average Bonchev–Trinajstić information content (AvgIpc) is 3.56. The molecule has 0 radical (unpaired) electrons. The summed E-state index contributed by atoms with van der Waals surface area (Å²) in [5.41, 5.74) is 9.22. The summed E-state index contributed by atoms with van der Waals surface area (Å²) < 4.78 is 2.42. The van der Waals surface area contributed by atoms with E-state index in [-0.39, 0.29) is 12.3 Å². The van der Waals surface area contributed by atoms with Gasteiger partial charge in [-0.05, 0) is 68.7 Å². The quantitative estimate of drug-likeness (QED) is 0.194. The van der Waals surface area contributed by atoms with Crippen molar-refractivity contribution in [2.24, 2.45) is 4.99 Å². The number of nitrogens with one attached hydrogen (secondary N) is 2. The van der Waals surface area contributed by atoms with Crippen LogP contribution in [0.5, 0.6) is 0 Å². The van der Waals surface area contributed by atoms with E-state index in [4.69, 9.17) is 4.99 Å². The van der Waals surface area contributed by atoms with Gasteiger partial charge in [0, 0.05) is 27.4 Å². The molecule has 8 aromatic carbocycles. The first-order valence-electron chi connectivity index (χ1n) is 17.5. The molecule has 0 aliphatic carbocycles. The van der Waals surface area contributed by atoms with Crippen LogP contribution in [-0.4, -0.2) is 10.4 Å². The molecule has 2 unspecified atom stereocenters. The van der Waals surface area contributed by atoms with E-state index in [1.165, 1.54) is 43.4 Å². The monoisotopic (exact) mass is 654 g/mol. The number of para-hydroxylation sites is 1. The van der Waals surface area contributed by atoms with Gasteiger partial charge in [-0.25, -0.2) is 4.99 Å². The first-order valence-corrected chi connectivity index (χ1v) is 17.5. The Bertz CT molecular complexity index is 2750. The normalized spacial score (nSPS) is 16.0. The molecule has 2 heterocycles.